The van der Waals surface area contributed by atoms with E-state index < -0.39 is 0 Å². The number of aliphatic hydroxyl groups excluding tert-OH is 1. The van der Waals surface area contributed by atoms with Gasteiger partial charge < -0.3 is 5.11 Å². The maximum Gasteiger partial charge on any atom is 0.0795 e. The first-order chi connectivity index (χ1) is 8.31. The zero-order valence-corrected chi connectivity index (χ0v) is 10.5. The molecule has 0 aliphatic heterocycles. The Labute approximate surface area is 105 Å². The van der Waals surface area contributed by atoms with Gasteiger partial charge in [0.05, 0.1) is 23.9 Å². The highest BCUT2D eigenvalue weighted by molar-refractivity contribution is 7.07. The summed E-state index contributed by atoms with van der Waals surface area (Å²) in [6.07, 6.45) is 0. The van der Waals surface area contributed by atoms with Crippen LogP contribution < -0.4 is 5.32 Å². The van der Waals surface area contributed by atoms with Crippen LogP contribution in [0.1, 0.15) is 30.3 Å². The molecule has 0 amide bonds. The first-order valence-corrected chi connectivity index (χ1v) is 6.55. The molecule has 2 N–H and O–H groups in total. The van der Waals surface area contributed by atoms with Crippen LogP contribution in [0.5, 0.6) is 0 Å². The lowest BCUT2D eigenvalue weighted by atomic mass is 10.1. The average molecular weight is 248 g/mol. The highest BCUT2D eigenvalue weighted by Gasteiger charge is 2.15. The van der Waals surface area contributed by atoms with Crippen molar-refractivity contribution in [1.29, 1.82) is 0 Å². The van der Waals surface area contributed by atoms with E-state index in [-0.39, 0.29) is 18.7 Å². The minimum absolute atomic E-state index is 0.0482. The fourth-order valence-electron chi connectivity index (χ4n) is 1.76. The maximum absolute atomic E-state index is 9.45. The third kappa shape index (κ3) is 3.12. The summed E-state index contributed by atoms with van der Waals surface area (Å²) in [6.45, 7) is 2.14. The minimum Gasteiger partial charge on any atom is -0.394 e. The van der Waals surface area contributed by atoms with E-state index in [1.807, 2.05) is 41.2 Å². The van der Waals surface area contributed by atoms with Crippen molar-refractivity contribution in [1.82, 2.24) is 10.3 Å². The lowest BCUT2D eigenvalue weighted by Crippen LogP contribution is -2.27. The number of hydrogen-bond acceptors (Lipinski definition) is 4. The fraction of sp³-hybridized carbons (Fsp3) is 0.308. The first-order valence-electron chi connectivity index (χ1n) is 5.61. The minimum atomic E-state index is -0.0482. The monoisotopic (exact) mass is 248 g/mol. The highest BCUT2D eigenvalue weighted by Crippen LogP contribution is 2.19. The summed E-state index contributed by atoms with van der Waals surface area (Å²) < 4.78 is 0. The SMILES string of the molecule is CC(NC(CO)c1ccccc1)c1cscn1. The molecule has 2 atom stereocenters. The molecule has 0 aliphatic carbocycles. The van der Waals surface area contributed by atoms with Crippen molar-refractivity contribution in [2.45, 2.75) is 19.0 Å². The van der Waals surface area contributed by atoms with Crippen molar-refractivity contribution in [3.05, 3.63) is 52.5 Å². The van der Waals surface area contributed by atoms with Gasteiger partial charge in [0, 0.05) is 11.4 Å². The zero-order chi connectivity index (χ0) is 12.1. The van der Waals surface area contributed by atoms with Crippen LogP contribution in [0.2, 0.25) is 0 Å². The largest absolute Gasteiger partial charge is 0.394 e. The Bertz CT molecular complexity index is 430. The lowest BCUT2D eigenvalue weighted by molar-refractivity contribution is 0.235. The topological polar surface area (TPSA) is 45.1 Å². The average Bonchev–Trinajstić information content (AvgIpc) is 2.90. The van der Waals surface area contributed by atoms with Gasteiger partial charge in [-0.1, -0.05) is 30.3 Å². The standard InChI is InChI=1S/C13H16N2OS/c1-10(13-8-17-9-14-13)15-12(7-16)11-5-3-2-4-6-11/h2-6,8-10,12,15-16H,7H2,1H3. The molecule has 1 heterocycles. The summed E-state index contributed by atoms with van der Waals surface area (Å²) in [5.74, 6) is 0. The van der Waals surface area contributed by atoms with E-state index in [1.54, 1.807) is 11.3 Å². The van der Waals surface area contributed by atoms with Gasteiger partial charge in [-0.15, -0.1) is 11.3 Å². The summed E-state index contributed by atoms with van der Waals surface area (Å²) >= 11 is 1.58. The van der Waals surface area contributed by atoms with Gasteiger partial charge in [-0.3, -0.25) is 5.32 Å². The van der Waals surface area contributed by atoms with Gasteiger partial charge in [-0.25, -0.2) is 4.98 Å². The molecule has 0 spiro atoms. The second-order valence-electron chi connectivity index (χ2n) is 3.95. The van der Waals surface area contributed by atoms with Gasteiger partial charge in [-0.05, 0) is 12.5 Å². The third-order valence-corrected chi connectivity index (χ3v) is 3.34. The summed E-state index contributed by atoms with van der Waals surface area (Å²) in [7, 11) is 0. The molecule has 0 bridgehead atoms. The van der Waals surface area contributed by atoms with Gasteiger partial charge in [0.1, 0.15) is 0 Å². The van der Waals surface area contributed by atoms with Crippen molar-refractivity contribution in [2.24, 2.45) is 0 Å². The van der Waals surface area contributed by atoms with Crippen LogP contribution in [-0.2, 0) is 0 Å². The summed E-state index contributed by atoms with van der Waals surface area (Å²) in [6, 6.07) is 10.1. The van der Waals surface area contributed by atoms with Crippen LogP contribution in [0.25, 0.3) is 0 Å². The Hall–Kier alpha value is -1.23. The van der Waals surface area contributed by atoms with E-state index in [1.165, 1.54) is 0 Å². The van der Waals surface area contributed by atoms with Crippen molar-refractivity contribution in [2.75, 3.05) is 6.61 Å². The Balaban J connectivity index is 2.06. The molecule has 0 aliphatic rings. The Morgan fingerprint density at radius 2 is 2.12 bits per heavy atom. The van der Waals surface area contributed by atoms with E-state index in [2.05, 4.69) is 17.2 Å². The molecule has 0 saturated carbocycles. The van der Waals surface area contributed by atoms with Crippen molar-refractivity contribution in [3.8, 4) is 0 Å². The Morgan fingerprint density at radius 1 is 1.35 bits per heavy atom. The van der Waals surface area contributed by atoms with Crippen molar-refractivity contribution >= 4 is 11.3 Å². The summed E-state index contributed by atoms with van der Waals surface area (Å²) in [4.78, 5) is 4.27. The van der Waals surface area contributed by atoms with Crippen LogP contribution >= 0.6 is 11.3 Å². The third-order valence-electron chi connectivity index (χ3n) is 2.73. The molecule has 0 saturated heterocycles. The Kier molecular flexibility index (Phi) is 4.25. The van der Waals surface area contributed by atoms with E-state index >= 15 is 0 Å². The predicted molar refractivity (Wildman–Crippen MR) is 69.9 cm³/mol. The molecule has 1 aromatic carbocycles. The van der Waals surface area contributed by atoms with Crippen LogP contribution in [0.4, 0.5) is 0 Å². The van der Waals surface area contributed by atoms with Crippen LogP contribution in [0.3, 0.4) is 0 Å². The normalized spacial score (nSPS) is 14.5. The van der Waals surface area contributed by atoms with Crippen LogP contribution in [-0.4, -0.2) is 16.7 Å². The smallest absolute Gasteiger partial charge is 0.0795 e. The highest BCUT2D eigenvalue weighted by atomic mass is 32.1. The molecule has 2 aromatic rings. The van der Waals surface area contributed by atoms with Gasteiger partial charge in [0.15, 0.2) is 0 Å². The number of benzene rings is 1. The van der Waals surface area contributed by atoms with Gasteiger partial charge in [0.2, 0.25) is 0 Å². The van der Waals surface area contributed by atoms with Crippen molar-refractivity contribution < 1.29 is 5.11 Å². The zero-order valence-electron chi connectivity index (χ0n) is 9.71. The number of thiazole rings is 1. The fourth-order valence-corrected chi connectivity index (χ4v) is 2.41. The van der Waals surface area contributed by atoms with Gasteiger partial charge in [0.25, 0.3) is 0 Å². The van der Waals surface area contributed by atoms with Crippen LogP contribution in [0.15, 0.2) is 41.2 Å². The molecule has 90 valence electrons. The van der Waals surface area contributed by atoms with Crippen molar-refractivity contribution in [3.63, 3.8) is 0 Å². The molecular weight excluding hydrogens is 232 g/mol. The molecule has 17 heavy (non-hydrogen) atoms. The number of rotatable bonds is 5. The number of nitrogens with one attached hydrogen (secondary N) is 1. The molecule has 2 rings (SSSR count). The quantitative estimate of drug-likeness (QED) is 0.854. The molecule has 3 nitrogen and oxygen atoms in total. The van der Waals surface area contributed by atoms with E-state index in [4.69, 9.17) is 0 Å². The van der Waals surface area contributed by atoms with E-state index in [0.717, 1.165) is 11.3 Å². The lowest BCUT2D eigenvalue weighted by Gasteiger charge is -2.21. The maximum atomic E-state index is 9.45. The number of aromatic nitrogens is 1. The van der Waals surface area contributed by atoms with Gasteiger partial charge >= 0.3 is 0 Å². The molecule has 0 radical (unpaired) electrons. The first kappa shape index (κ1) is 12.2. The molecule has 2 unspecified atom stereocenters. The summed E-state index contributed by atoms with van der Waals surface area (Å²) in [5.41, 5.74) is 3.94. The molecular formula is C13H16N2OS. The summed E-state index contributed by atoms with van der Waals surface area (Å²) in [5, 5.41) is 14.8. The van der Waals surface area contributed by atoms with Crippen LogP contribution in [0, 0.1) is 0 Å². The second-order valence-corrected chi connectivity index (χ2v) is 4.67. The second kappa shape index (κ2) is 5.91. The predicted octanol–water partition coefficient (Wildman–Crippen LogP) is 2.53. The number of nitrogens with zero attached hydrogens (tertiary/aromatic N) is 1. The number of hydrogen-bond donors (Lipinski definition) is 2. The molecule has 0 fully saturated rings. The van der Waals surface area contributed by atoms with Gasteiger partial charge in [-0.2, -0.15) is 0 Å². The Morgan fingerprint density at radius 3 is 2.71 bits per heavy atom. The number of aliphatic hydroxyl groups is 1. The van der Waals surface area contributed by atoms with E-state index in [0.29, 0.717) is 0 Å². The van der Waals surface area contributed by atoms with E-state index in [9.17, 15) is 5.11 Å². The molecule has 1 aromatic heterocycles. The molecule has 4 heteroatoms.